The Morgan fingerprint density at radius 1 is 1.00 bits per heavy atom. The number of hydrogen-bond acceptors (Lipinski definition) is 4. The molecule has 1 saturated carbocycles. The van der Waals surface area contributed by atoms with Gasteiger partial charge in [-0.2, -0.15) is 0 Å². The summed E-state index contributed by atoms with van der Waals surface area (Å²) in [6, 6.07) is 0. The third kappa shape index (κ3) is 11.6. The fourth-order valence-electron chi connectivity index (χ4n) is 2.70. The number of ether oxygens (including phenoxy) is 3. The van der Waals surface area contributed by atoms with Crippen LogP contribution in [0.15, 0.2) is 4.99 Å². The molecule has 24 heavy (non-hydrogen) atoms. The molecule has 0 bridgehead atoms. The Kier molecular flexibility index (Phi) is 13.8. The third-order valence-electron chi connectivity index (χ3n) is 4.01. The first kappa shape index (κ1) is 21.2. The molecule has 0 spiro atoms. The lowest BCUT2D eigenvalue weighted by atomic mass is 9.98. The van der Waals surface area contributed by atoms with Crippen LogP contribution in [0.4, 0.5) is 0 Å². The van der Waals surface area contributed by atoms with Crippen molar-refractivity contribution in [2.24, 2.45) is 4.99 Å². The zero-order valence-electron chi connectivity index (χ0n) is 15.6. The molecule has 0 radical (unpaired) electrons. The number of methoxy groups -OCH3 is 1. The van der Waals surface area contributed by atoms with Gasteiger partial charge < -0.3 is 24.8 Å². The summed E-state index contributed by atoms with van der Waals surface area (Å²) in [5, 5.41) is 6.64. The second-order valence-corrected chi connectivity index (χ2v) is 6.13. The standard InChI is InChI=1S/C18H37N3O3/c1-3-19-18(20-11-7-13-23-16-15-22-2)21-12-8-14-24-17-9-5-4-6-10-17/h17H,3-16H2,1-2H3,(H2,19,20,21). The fraction of sp³-hybridized carbons (Fsp3) is 0.944. The molecule has 6 heteroatoms. The van der Waals surface area contributed by atoms with Gasteiger partial charge in [-0.3, -0.25) is 4.99 Å². The first-order chi connectivity index (χ1) is 11.9. The van der Waals surface area contributed by atoms with Gasteiger partial charge in [0.1, 0.15) is 0 Å². The summed E-state index contributed by atoms with van der Waals surface area (Å²) < 4.78 is 16.3. The maximum Gasteiger partial charge on any atom is 0.191 e. The number of hydrogen-bond donors (Lipinski definition) is 2. The van der Waals surface area contributed by atoms with Gasteiger partial charge in [0.25, 0.3) is 0 Å². The van der Waals surface area contributed by atoms with Gasteiger partial charge in [-0.15, -0.1) is 0 Å². The Hall–Kier alpha value is -0.850. The molecule has 0 aliphatic heterocycles. The largest absolute Gasteiger partial charge is 0.382 e. The van der Waals surface area contributed by atoms with E-state index in [1.165, 1.54) is 32.1 Å². The van der Waals surface area contributed by atoms with Gasteiger partial charge in [0.15, 0.2) is 5.96 Å². The van der Waals surface area contributed by atoms with E-state index >= 15 is 0 Å². The predicted octanol–water partition coefficient (Wildman–Crippen LogP) is 2.33. The van der Waals surface area contributed by atoms with E-state index in [9.17, 15) is 0 Å². The highest BCUT2D eigenvalue weighted by atomic mass is 16.5. The summed E-state index contributed by atoms with van der Waals surface area (Å²) in [7, 11) is 1.68. The minimum Gasteiger partial charge on any atom is -0.382 e. The molecule has 1 rings (SSSR count). The van der Waals surface area contributed by atoms with Crippen molar-refractivity contribution in [2.75, 3.05) is 53.2 Å². The molecule has 0 amide bonds. The van der Waals surface area contributed by atoms with Crippen molar-refractivity contribution in [3.63, 3.8) is 0 Å². The summed E-state index contributed by atoms with van der Waals surface area (Å²) in [6.45, 7) is 7.47. The third-order valence-corrected chi connectivity index (χ3v) is 4.01. The van der Waals surface area contributed by atoms with Crippen molar-refractivity contribution in [2.45, 2.75) is 58.0 Å². The van der Waals surface area contributed by atoms with Crippen LogP contribution in [-0.2, 0) is 14.2 Å². The van der Waals surface area contributed by atoms with E-state index in [0.717, 1.165) is 51.6 Å². The molecule has 1 aliphatic rings. The molecule has 0 saturated heterocycles. The zero-order chi connectivity index (χ0) is 17.3. The van der Waals surface area contributed by atoms with Gasteiger partial charge in [0.2, 0.25) is 0 Å². The average molecular weight is 344 g/mol. The van der Waals surface area contributed by atoms with Crippen LogP contribution < -0.4 is 10.6 Å². The fourth-order valence-corrected chi connectivity index (χ4v) is 2.70. The van der Waals surface area contributed by atoms with Gasteiger partial charge in [-0.05, 0) is 32.6 Å². The van der Waals surface area contributed by atoms with Crippen LogP contribution in [-0.4, -0.2) is 65.2 Å². The number of rotatable bonds is 13. The minimum atomic E-state index is 0.499. The molecule has 0 heterocycles. The van der Waals surface area contributed by atoms with Crippen LogP contribution in [0.5, 0.6) is 0 Å². The lowest BCUT2D eigenvalue weighted by Gasteiger charge is -2.22. The Morgan fingerprint density at radius 2 is 1.83 bits per heavy atom. The van der Waals surface area contributed by atoms with E-state index in [4.69, 9.17) is 14.2 Å². The molecule has 1 fully saturated rings. The maximum atomic E-state index is 5.94. The normalized spacial score (nSPS) is 16.3. The van der Waals surface area contributed by atoms with Crippen LogP contribution in [0.1, 0.15) is 51.9 Å². The molecule has 0 aromatic carbocycles. The molecular formula is C18H37N3O3. The van der Waals surface area contributed by atoms with E-state index in [-0.39, 0.29) is 0 Å². The second-order valence-electron chi connectivity index (χ2n) is 6.13. The summed E-state index contributed by atoms with van der Waals surface area (Å²) in [4.78, 5) is 4.56. The molecule has 6 nitrogen and oxygen atoms in total. The number of nitrogens with zero attached hydrogens (tertiary/aromatic N) is 1. The number of nitrogens with one attached hydrogen (secondary N) is 2. The number of aliphatic imine (C=N–C) groups is 1. The van der Waals surface area contributed by atoms with Crippen molar-refractivity contribution >= 4 is 5.96 Å². The molecular weight excluding hydrogens is 306 g/mol. The van der Waals surface area contributed by atoms with Gasteiger partial charge in [0.05, 0.1) is 19.3 Å². The monoisotopic (exact) mass is 343 g/mol. The maximum absolute atomic E-state index is 5.94. The first-order valence-electron chi connectivity index (χ1n) is 9.57. The summed E-state index contributed by atoms with van der Waals surface area (Å²) in [6.07, 6.45) is 8.95. The quantitative estimate of drug-likeness (QED) is 0.305. The summed E-state index contributed by atoms with van der Waals surface area (Å²) >= 11 is 0. The van der Waals surface area contributed by atoms with E-state index in [0.29, 0.717) is 19.3 Å². The molecule has 0 atom stereocenters. The van der Waals surface area contributed by atoms with Gasteiger partial charge in [0, 0.05) is 40.0 Å². The number of guanidine groups is 1. The van der Waals surface area contributed by atoms with E-state index in [1.54, 1.807) is 7.11 Å². The van der Waals surface area contributed by atoms with Crippen molar-refractivity contribution in [3.8, 4) is 0 Å². The molecule has 0 unspecified atom stereocenters. The zero-order valence-corrected chi connectivity index (χ0v) is 15.6. The van der Waals surface area contributed by atoms with Crippen LogP contribution in [0.25, 0.3) is 0 Å². The van der Waals surface area contributed by atoms with Crippen molar-refractivity contribution in [1.29, 1.82) is 0 Å². The average Bonchev–Trinajstić information content (AvgIpc) is 2.61. The van der Waals surface area contributed by atoms with E-state index < -0.39 is 0 Å². The highest BCUT2D eigenvalue weighted by Gasteiger charge is 2.12. The minimum absolute atomic E-state index is 0.499. The highest BCUT2D eigenvalue weighted by Crippen LogP contribution is 2.20. The molecule has 1 aliphatic carbocycles. The Balaban J connectivity index is 2.03. The Labute approximate surface area is 147 Å². The van der Waals surface area contributed by atoms with E-state index in [1.807, 2.05) is 0 Å². The first-order valence-corrected chi connectivity index (χ1v) is 9.57. The van der Waals surface area contributed by atoms with E-state index in [2.05, 4.69) is 22.5 Å². The lowest BCUT2D eigenvalue weighted by molar-refractivity contribution is 0.0277. The molecule has 0 aromatic heterocycles. The SMILES string of the molecule is CCNC(=NCCCOCCOC)NCCCOC1CCCCC1. The van der Waals surface area contributed by atoms with Gasteiger partial charge >= 0.3 is 0 Å². The van der Waals surface area contributed by atoms with Crippen LogP contribution in [0.2, 0.25) is 0 Å². The lowest BCUT2D eigenvalue weighted by Crippen LogP contribution is -2.38. The summed E-state index contributed by atoms with van der Waals surface area (Å²) in [5.41, 5.74) is 0. The van der Waals surface area contributed by atoms with Crippen molar-refractivity contribution in [1.82, 2.24) is 10.6 Å². The van der Waals surface area contributed by atoms with Gasteiger partial charge in [-0.25, -0.2) is 0 Å². The van der Waals surface area contributed by atoms with Gasteiger partial charge in [-0.1, -0.05) is 19.3 Å². The highest BCUT2D eigenvalue weighted by molar-refractivity contribution is 5.79. The smallest absolute Gasteiger partial charge is 0.191 e. The summed E-state index contributed by atoms with van der Waals surface area (Å²) in [5.74, 6) is 0.882. The van der Waals surface area contributed by atoms with Crippen LogP contribution in [0, 0.1) is 0 Å². The van der Waals surface area contributed by atoms with Crippen molar-refractivity contribution < 1.29 is 14.2 Å². The molecule has 142 valence electrons. The predicted molar refractivity (Wildman–Crippen MR) is 98.7 cm³/mol. The molecule has 0 aromatic rings. The second kappa shape index (κ2) is 15.7. The Bertz CT molecular complexity index is 308. The topological polar surface area (TPSA) is 64.1 Å². The Morgan fingerprint density at radius 3 is 2.58 bits per heavy atom. The van der Waals surface area contributed by atoms with Crippen LogP contribution >= 0.6 is 0 Å². The van der Waals surface area contributed by atoms with Crippen LogP contribution in [0.3, 0.4) is 0 Å². The molecule has 2 N–H and O–H groups in total. The van der Waals surface area contributed by atoms with Crippen molar-refractivity contribution in [3.05, 3.63) is 0 Å².